The third kappa shape index (κ3) is 4.14. The van der Waals surface area contributed by atoms with E-state index in [-0.39, 0.29) is 22.9 Å². The number of imidazole rings is 1. The first-order valence-corrected chi connectivity index (χ1v) is 11.5. The molecule has 6 rings (SSSR count). The van der Waals surface area contributed by atoms with Crippen molar-refractivity contribution in [2.75, 3.05) is 5.32 Å². The summed E-state index contributed by atoms with van der Waals surface area (Å²) in [6.07, 6.45) is 3.26. The topological polar surface area (TPSA) is 118 Å². The van der Waals surface area contributed by atoms with E-state index in [1.165, 1.54) is 0 Å². The lowest BCUT2D eigenvalue weighted by atomic mass is 10.0. The van der Waals surface area contributed by atoms with Crippen molar-refractivity contribution >= 4 is 45.0 Å². The molecule has 0 radical (unpaired) electrons. The largest absolute Gasteiger partial charge is 0.505 e. The molecule has 4 aromatic carbocycles. The molecule has 2 N–H and O–H groups in total. The van der Waals surface area contributed by atoms with Crippen molar-refractivity contribution in [3.8, 4) is 11.7 Å². The number of carbonyl (C=O) groups excluding carboxylic acids is 1. The average molecular weight is 486 g/mol. The third-order valence-corrected chi connectivity index (χ3v) is 5.80. The van der Waals surface area contributed by atoms with Gasteiger partial charge in [0.05, 0.1) is 16.6 Å². The molecule has 2 aromatic heterocycles. The fourth-order valence-corrected chi connectivity index (χ4v) is 4.13. The highest BCUT2D eigenvalue weighted by atomic mass is 16.3. The van der Waals surface area contributed by atoms with E-state index >= 15 is 0 Å². The van der Waals surface area contributed by atoms with Gasteiger partial charge in [0.1, 0.15) is 5.69 Å². The van der Waals surface area contributed by atoms with E-state index in [1.807, 2.05) is 60.7 Å². The lowest BCUT2D eigenvalue weighted by Gasteiger charge is -2.12. The van der Waals surface area contributed by atoms with Crippen LogP contribution >= 0.6 is 0 Å². The number of nitrogens with zero attached hydrogens (tertiary/aromatic N) is 6. The Hall–Kier alpha value is -5.44. The molecule has 0 saturated carbocycles. The number of azo groups is 1. The van der Waals surface area contributed by atoms with Gasteiger partial charge in [0.15, 0.2) is 5.75 Å². The lowest BCUT2D eigenvalue weighted by molar-refractivity contribution is 0.102. The molecule has 178 valence electrons. The van der Waals surface area contributed by atoms with Gasteiger partial charge in [0, 0.05) is 18.1 Å². The molecule has 6 aromatic rings. The Morgan fingerprint density at radius 1 is 0.838 bits per heavy atom. The first-order valence-electron chi connectivity index (χ1n) is 11.5. The van der Waals surface area contributed by atoms with E-state index in [0.717, 1.165) is 10.9 Å². The van der Waals surface area contributed by atoms with Crippen LogP contribution in [0.15, 0.2) is 114 Å². The van der Waals surface area contributed by atoms with Crippen molar-refractivity contribution in [2.45, 2.75) is 0 Å². The van der Waals surface area contributed by atoms with Crippen LogP contribution in [-0.4, -0.2) is 30.5 Å². The summed E-state index contributed by atoms with van der Waals surface area (Å²) >= 11 is 0. The predicted octanol–water partition coefficient (Wildman–Crippen LogP) is 6.34. The zero-order valence-corrected chi connectivity index (χ0v) is 19.4. The van der Waals surface area contributed by atoms with Crippen LogP contribution in [0, 0.1) is 0 Å². The second kappa shape index (κ2) is 9.31. The zero-order valence-electron chi connectivity index (χ0n) is 19.4. The molecule has 0 atom stereocenters. The normalized spacial score (nSPS) is 11.4. The second-order valence-corrected chi connectivity index (χ2v) is 8.15. The fraction of sp³-hybridized carbons (Fsp3) is 0. The molecule has 9 heteroatoms. The molecule has 2 heterocycles. The van der Waals surface area contributed by atoms with Gasteiger partial charge in [-0.25, -0.2) is 19.5 Å². The first-order chi connectivity index (χ1) is 18.2. The number of rotatable bonds is 5. The summed E-state index contributed by atoms with van der Waals surface area (Å²) in [5.41, 5.74) is 2.29. The van der Waals surface area contributed by atoms with Crippen LogP contribution in [0.3, 0.4) is 0 Å². The number of aromatic nitrogens is 4. The molecule has 0 aliphatic heterocycles. The first kappa shape index (κ1) is 22.1. The number of amides is 1. The van der Waals surface area contributed by atoms with Gasteiger partial charge in [-0.05, 0) is 47.2 Å². The number of nitrogens with one attached hydrogen (secondary N) is 1. The van der Waals surface area contributed by atoms with Crippen LogP contribution in [0.25, 0.3) is 27.8 Å². The van der Waals surface area contributed by atoms with Crippen LogP contribution in [0.1, 0.15) is 10.4 Å². The molecular formula is C28H19N7O2. The number of para-hydroxylation sites is 3. The van der Waals surface area contributed by atoms with Crippen molar-refractivity contribution in [2.24, 2.45) is 10.2 Å². The van der Waals surface area contributed by atoms with Gasteiger partial charge in [-0.15, -0.1) is 10.2 Å². The smallest absolute Gasteiger partial charge is 0.260 e. The molecule has 0 spiro atoms. The summed E-state index contributed by atoms with van der Waals surface area (Å²) < 4.78 is 1.68. The number of benzene rings is 4. The summed E-state index contributed by atoms with van der Waals surface area (Å²) in [4.78, 5) is 26.5. The zero-order chi connectivity index (χ0) is 25.2. The Kier molecular flexibility index (Phi) is 5.55. The van der Waals surface area contributed by atoms with Crippen LogP contribution in [-0.2, 0) is 0 Å². The van der Waals surface area contributed by atoms with Crippen molar-refractivity contribution in [3.05, 3.63) is 109 Å². The monoisotopic (exact) mass is 485 g/mol. The number of phenols is 1. The molecule has 0 bridgehead atoms. The van der Waals surface area contributed by atoms with Crippen LogP contribution < -0.4 is 5.32 Å². The minimum Gasteiger partial charge on any atom is -0.505 e. The van der Waals surface area contributed by atoms with Crippen molar-refractivity contribution < 1.29 is 9.90 Å². The van der Waals surface area contributed by atoms with E-state index in [9.17, 15) is 9.90 Å². The Morgan fingerprint density at radius 3 is 2.41 bits per heavy atom. The Labute approximate surface area is 210 Å². The van der Waals surface area contributed by atoms with E-state index < -0.39 is 5.91 Å². The minimum atomic E-state index is -0.457. The maximum absolute atomic E-state index is 13.3. The predicted molar refractivity (Wildman–Crippen MR) is 141 cm³/mol. The molecule has 37 heavy (non-hydrogen) atoms. The summed E-state index contributed by atoms with van der Waals surface area (Å²) in [5.74, 6) is -0.123. The Balaban J connectivity index is 1.47. The molecule has 1 amide bonds. The summed E-state index contributed by atoms with van der Waals surface area (Å²) in [7, 11) is 0. The van der Waals surface area contributed by atoms with Crippen molar-refractivity contribution in [1.82, 2.24) is 19.5 Å². The SMILES string of the molecule is O=C(Nc1ccccc1)c1c(O)c(/N=N/c2nc3ccccc3n2-c2ncccn2)cc2ccccc12. The maximum Gasteiger partial charge on any atom is 0.260 e. The van der Waals surface area contributed by atoms with Gasteiger partial charge in [-0.1, -0.05) is 54.6 Å². The minimum absolute atomic E-state index is 0.107. The number of hydrogen-bond donors (Lipinski definition) is 2. The Bertz CT molecular complexity index is 1780. The van der Waals surface area contributed by atoms with Gasteiger partial charge in [-0.3, -0.25) is 4.79 Å². The Morgan fingerprint density at radius 2 is 1.57 bits per heavy atom. The third-order valence-electron chi connectivity index (χ3n) is 5.80. The van der Waals surface area contributed by atoms with E-state index in [0.29, 0.717) is 22.5 Å². The van der Waals surface area contributed by atoms with Gasteiger partial charge in [0.2, 0.25) is 5.95 Å². The quantitative estimate of drug-likeness (QED) is 0.276. The highest BCUT2D eigenvalue weighted by Gasteiger charge is 2.20. The maximum atomic E-state index is 13.3. The number of fused-ring (bicyclic) bond motifs is 2. The highest BCUT2D eigenvalue weighted by molar-refractivity contribution is 6.16. The van der Waals surface area contributed by atoms with Gasteiger partial charge in [-0.2, -0.15) is 0 Å². The number of carbonyl (C=O) groups is 1. The molecule has 0 aliphatic rings. The molecule has 0 unspecified atom stereocenters. The van der Waals surface area contributed by atoms with E-state index in [1.54, 1.807) is 47.3 Å². The molecule has 0 aliphatic carbocycles. The van der Waals surface area contributed by atoms with Gasteiger partial charge >= 0.3 is 0 Å². The van der Waals surface area contributed by atoms with Crippen LogP contribution in [0.2, 0.25) is 0 Å². The molecule has 0 fully saturated rings. The number of phenolic OH excluding ortho intramolecular Hbond substituents is 1. The second-order valence-electron chi connectivity index (χ2n) is 8.15. The van der Waals surface area contributed by atoms with Gasteiger partial charge in [0.25, 0.3) is 11.9 Å². The summed E-state index contributed by atoms with van der Waals surface area (Å²) in [5, 5.41) is 24.0. The fourth-order valence-electron chi connectivity index (χ4n) is 4.13. The molecule has 9 nitrogen and oxygen atoms in total. The number of aromatic hydroxyl groups is 1. The van der Waals surface area contributed by atoms with Crippen molar-refractivity contribution in [1.29, 1.82) is 0 Å². The summed E-state index contributed by atoms with van der Waals surface area (Å²) in [6, 6.07) is 27.2. The van der Waals surface area contributed by atoms with Crippen molar-refractivity contribution in [3.63, 3.8) is 0 Å². The highest BCUT2D eigenvalue weighted by Crippen LogP contribution is 2.38. The summed E-state index contributed by atoms with van der Waals surface area (Å²) in [6.45, 7) is 0. The number of anilines is 1. The van der Waals surface area contributed by atoms with Crippen LogP contribution in [0.5, 0.6) is 5.75 Å². The number of hydrogen-bond acceptors (Lipinski definition) is 7. The standard InChI is InChI=1S/C28H19N7O2/c36-25-22(17-18-9-4-5-12-20(18)24(25)26(37)31-19-10-2-1-3-11-19)33-34-28-32-21-13-6-7-14-23(21)35(28)27-29-15-8-16-30-27/h1-17,36H,(H,31,37)/b34-33+. The van der Waals surface area contributed by atoms with E-state index in [2.05, 4.69) is 30.5 Å². The van der Waals surface area contributed by atoms with E-state index in [4.69, 9.17) is 0 Å². The molecular weight excluding hydrogens is 466 g/mol. The lowest BCUT2D eigenvalue weighted by Crippen LogP contribution is -2.12. The average Bonchev–Trinajstić information content (AvgIpc) is 3.31. The van der Waals surface area contributed by atoms with Crippen LogP contribution in [0.4, 0.5) is 17.3 Å². The molecule has 0 saturated heterocycles. The van der Waals surface area contributed by atoms with Gasteiger partial charge < -0.3 is 10.4 Å².